The average Bonchev–Trinajstić information content (AvgIpc) is 3.26. The third-order valence-electron chi connectivity index (χ3n) is 4.21. The van der Waals surface area contributed by atoms with Crippen LogP contribution in [0, 0.1) is 0 Å². The molecule has 1 aliphatic carbocycles. The molecule has 1 amide bonds. The predicted molar refractivity (Wildman–Crippen MR) is 91.2 cm³/mol. The highest BCUT2D eigenvalue weighted by atomic mass is 16.7. The van der Waals surface area contributed by atoms with E-state index in [1.54, 1.807) is 0 Å². The molecule has 0 bridgehead atoms. The highest BCUT2D eigenvalue weighted by molar-refractivity contribution is 5.69. The van der Waals surface area contributed by atoms with Crippen LogP contribution < -0.4 is 10.1 Å². The van der Waals surface area contributed by atoms with E-state index in [0.717, 1.165) is 38.0 Å². The van der Waals surface area contributed by atoms with Crippen molar-refractivity contribution in [3.05, 3.63) is 29.8 Å². The van der Waals surface area contributed by atoms with Crippen LogP contribution >= 0.6 is 0 Å². The highest BCUT2D eigenvalue weighted by Crippen LogP contribution is 2.41. The van der Waals surface area contributed by atoms with E-state index >= 15 is 0 Å². The SMILES string of the molecule is CC(C)(C)OC(=O)NC1CC1c1ccc(OC2CCCCO2)cc1. The maximum absolute atomic E-state index is 11.8. The standard InChI is InChI=1S/C19H27NO4/c1-19(2,3)24-18(21)20-16-12-15(16)13-7-9-14(10-8-13)23-17-6-4-5-11-22-17/h7-10,15-17H,4-6,11-12H2,1-3H3,(H,20,21). The summed E-state index contributed by atoms with van der Waals surface area (Å²) in [6.45, 7) is 6.38. The van der Waals surface area contributed by atoms with Crippen molar-refractivity contribution in [2.75, 3.05) is 6.61 Å². The molecule has 24 heavy (non-hydrogen) atoms. The molecule has 5 nitrogen and oxygen atoms in total. The number of hydrogen-bond acceptors (Lipinski definition) is 4. The Morgan fingerprint density at radius 1 is 1.21 bits per heavy atom. The van der Waals surface area contributed by atoms with Gasteiger partial charge in [-0.05, 0) is 57.7 Å². The van der Waals surface area contributed by atoms with Crippen molar-refractivity contribution in [3.63, 3.8) is 0 Å². The number of ether oxygens (including phenoxy) is 3. The zero-order valence-electron chi connectivity index (χ0n) is 14.7. The lowest BCUT2D eigenvalue weighted by atomic mass is 10.1. The van der Waals surface area contributed by atoms with Gasteiger partial charge in [0.1, 0.15) is 11.4 Å². The van der Waals surface area contributed by atoms with Gasteiger partial charge in [-0.15, -0.1) is 0 Å². The number of carbonyl (C=O) groups is 1. The molecule has 1 aromatic carbocycles. The Morgan fingerprint density at radius 3 is 2.58 bits per heavy atom. The van der Waals surface area contributed by atoms with Crippen LogP contribution in [-0.2, 0) is 9.47 Å². The van der Waals surface area contributed by atoms with Gasteiger partial charge in [-0.1, -0.05) is 12.1 Å². The molecule has 1 aliphatic heterocycles. The van der Waals surface area contributed by atoms with E-state index in [4.69, 9.17) is 14.2 Å². The summed E-state index contributed by atoms with van der Waals surface area (Å²) in [5.74, 6) is 1.19. The zero-order chi connectivity index (χ0) is 17.2. The van der Waals surface area contributed by atoms with Gasteiger partial charge in [-0.3, -0.25) is 0 Å². The van der Waals surface area contributed by atoms with Crippen molar-refractivity contribution >= 4 is 6.09 Å². The fraction of sp³-hybridized carbons (Fsp3) is 0.632. The summed E-state index contributed by atoms with van der Waals surface area (Å²) in [5.41, 5.74) is 0.752. The van der Waals surface area contributed by atoms with Crippen molar-refractivity contribution in [2.24, 2.45) is 0 Å². The second-order valence-corrected chi connectivity index (χ2v) is 7.58. The molecule has 3 atom stereocenters. The van der Waals surface area contributed by atoms with Crippen LogP contribution in [-0.4, -0.2) is 30.6 Å². The van der Waals surface area contributed by atoms with Crippen molar-refractivity contribution in [3.8, 4) is 5.75 Å². The fourth-order valence-corrected chi connectivity index (χ4v) is 2.93. The second-order valence-electron chi connectivity index (χ2n) is 7.58. The summed E-state index contributed by atoms with van der Waals surface area (Å²) in [6.07, 6.45) is 3.71. The van der Waals surface area contributed by atoms with E-state index < -0.39 is 5.60 Å². The largest absolute Gasteiger partial charge is 0.465 e. The zero-order valence-corrected chi connectivity index (χ0v) is 14.7. The Morgan fingerprint density at radius 2 is 1.96 bits per heavy atom. The molecule has 2 fully saturated rings. The molecule has 3 unspecified atom stereocenters. The number of carbonyl (C=O) groups excluding carboxylic acids is 1. The number of amides is 1. The van der Waals surface area contributed by atoms with E-state index in [0.29, 0.717) is 5.92 Å². The first-order valence-corrected chi connectivity index (χ1v) is 8.78. The Labute approximate surface area is 143 Å². The monoisotopic (exact) mass is 333 g/mol. The van der Waals surface area contributed by atoms with Crippen LogP contribution in [0.1, 0.15) is 57.9 Å². The van der Waals surface area contributed by atoms with E-state index in [9.17, 15) is 4.79 Å². The second kappa shape index (κ2) is 7.01. The lowest BCUT2D eigenvalue weighted by Crippen LogP contribution is -2.34. The van der Waals surface area contributed by atoms with Crippen molar-refractivity contribution in [1.82, 2.24) is 5.32 Å². The fourth-order valence-electron chi connectivity index (χ4n) is 2.93. The van der Waals surface area contributed by atoms with Crippen LogP contribution in [0.4, 0.5) is 4.79 Å². The van der Waals surface area contributed by atoms with Gasteiger partial charge >= 0.3 is 6.09 Å². The lowest BCUT2D eigenvalue weighted by Gasteiger charge is -2.23. The molecule has 0 radical (unpaired) electrons. The van der Waals surface area contributed by atoms with Gasteiger partial charge in [0.2, 0.25) is 0 Å². The normalized spacial score (nSPS) is 26.5. The van der Waals surface area contributed by atoms with Crippen LogP contribution in [0.3, 0.4) is 0 Å². The molecule has 2 aliphatic rings. The van der Waals surface area contributed by atoms with Gasteiger partial charge in [-0.25, -0.2) is 4.79 Å². The Kier molecular flexibility index (Phi) is 4.99. The summed E-state index contributed by atoms with van der Waals surface area (Å²) in [6, 6.07) is 8.26. The number of alkyl carbamates (subject to hydrolysis) is 1. The summed E-state index contributed by atoms with van der Waals surface area (Å²) in [4.78, 5) is 11.8. The van der Waals surface area contributed by atoms with Gasteiger partial charge in [0.25, 0.3) is 0 Å². The quantitative estimate of drug-likeness (QED) is 0.906. The van der Waals surface area contributed by atoms with Gasteiger partial charge in [0.15, 0.2) is 6.29 Å². The minimum absolute atomic E-state index is 0.118. The maximum atomic E-state index is 11.8. The number of rotatable bonds is 4. The molecule has 1 aromatic rings. The molecular weight excluding hydrogens is 306 g/mol. The Hall–Kier alpha value is -1.75. The molecule has 0 aromatic heterocycles. The third-order valence-corrected chi connectivity index (χ3v) is 4.21. The molecule has 3 rings (SSSR count). The third kappa shape index (κ3) is 4.87. The Balaban J connectivity index is 1.47. The van der Waals surface area contributed by atoms with E-state index in [-0.39, 0.29) is 18.4 Å². The van der Waals surface area contributed by atoms with Crippen molar-refractivity contribution in [1.29, 1.82) is 0 Å². The van der Waals surface area contributed by atoms with Crippen molar-refractivity contribution < 1.29 is 19.0 Å². The average molecular weight is 333 g/mol. The van der Waals surface area contributed by atoms with Crippen molar-refractivity contribution in [2.45, 2.75) is 70.3 Å². The summed E-state index contributed by atoms with van der Waals surface area (Å²) in [5, 5.41) is 2.93. The molecule has 1 saturated carbocycles. The summed E-state index contributed by atoms with van der Waals surface area (Å²) in [7, 11) is 0. The van der Waals surface area contributed by atoms with E-state index in [2.05, 4.69) is 17.4 Å². The summed E-state index contributed by atoms with van der Waals surface area (Å²) >= 11 is 0. The molecule has 0 spiro atoms. The van der Waals surface area contributed by atoms with Gasteiger partial charge < -0.3 is 19.5 Å². The van der Waals surface area contributed by atoms with Crippen LogP contribution in [0.5, 0.6) is 5.75 Å². The molecule has 1 saturated heterocycles. The number of nitrogens with one attached hydrogen (secondary N) is 1. The number of hydrogen-bond donors (Lipinski definition) is 1. The molecule has 132 valence electrons. The molecular formula is C19H27NO4. The van der Waals surface area contributed by atoms with Crippen LogP contribution in [0.25, 0.3) is 0 Å². The summed E-state index contributed by atoms with van der Waals surface area (Å²) < 4.78 is 16.7. The smallest absolute Gasteiger partial charge is 0.407 e. The Bertz CT molecular complexity index is 558. The van der Waals surface area contributed by atoms with E-state index in [1.807, 2.05) is 32.9 Å². The molecule has 1 heterocycles. The minimum atomic E-state index is -0.464. The van der Waals surface area contributed by atoms with Gasteiger partial charge in [-0.2, -0.15) is 0 Å². The van der Waals surface area contributed by atoms with E-state index in [1.165, 1.54) is 5.56 Å². The topological polar surface area (TPSA) is 56.8 Å². The maximum Gasteiger partial charge on any atom is 0.407 e. The van der Waals surface area contributed by atoms with Crippen LogP contribution in [0.2, 0.25) is 0 Å². The first kappa shape index (κ1) is 17.1. The van der Waals surface area contributed by atoms with Crippen LogP contribution in [0.15, 0.2) is 24.3 Å². The van der Waals surface area contributed by atoms with Gasteiger partial charge in [0, 0.05) is 18.4 Å². The highest BCUT2D eigenvalue weighted by Gasteiger charge is 2.40. The minimum Gasteiger partial charge on any atom is -0.465 e. The number of benzene rings is 1. The predicted octanol–water partition coefficient (Wildman–Crippen LogP) is 3.97. The lowest BCUT2D eigenvalue weighted by molar-refractivity contribution is -0.105. The molecule has 1 N–H and O–H groups in total. The molecule has 5 heteroatoms. The first-order chi connectivity index (χ1) is 11.4. The first-order valence-electron chi connectivity index (χ1n) is 8.78. The van der Waals surface area contributed by atoms with Gasteiger partial charge in [0.05, 0.1) is 6.61 Å².